The number of fused-ring (bicyclic) bond motifs is 1. The number of hydrogen-bond donors (Lipinski definition) is 2. The number of aliphatic imine (C=N–C) groups is 1. The third-order valence-corrected chi connectivity index (χ3v) is 4.01. The minimum Gasteiger partial charge on any atom is -0.376 e. The molecule has 0 fully saturated rings. The van der Waals surface area contributed by atoms with Crippen molar-refractivity contribution in [3.8, 4) is 0 Å². The Hall–Kier alpha value is -3.06. The second kappa shape index (κ2) is 6.68. The molecule has 0 radical (unpaired) electrons. The first-order valence-electron chi connectivity index (χ1n) is 7.75. The number of benzene rings is 2. The van der Waals surface area contributed by atoms with Crippen molar-refractivity contribution in [1.82, 2.24) is 15.3 Å². The number of nitrogens with zero attached hydrogens (tertiary/aromatic N) is 3. The van der Waals surface area contributed by atoms with E-state index in [4.69, 9.17) is 11.6 Å². The minimum absolute atomic E-state index is 0.369. The molecule has 0 aliphatic carbocycles. The second-order valence-electron chi connectivity index (χ2n) is 5.57. The van der Waals surface area contributed by atoms with E-state index < -0.39 is 11.6 Å². The van der Waals surface area contributed by atoms with E-state index in [-0.39, 0.29) is 0 Å². The van der Waals surface area contributed by atoms with Gasteiger partial charge < -0.3 is 10.6 Å². The molecule has 1 aliphatic rings. The van der Waals surface area contributed by atoms with Gasteiger partial charge in [0.2, 0.25) is 0 Å². The second-order valence-corrected chi connectivity index (χ2v) is 6.00. The standard InChI is InChI=1S/C18H12ClF2N5/c19-10-1-3-12-15(7-10)25-18(16-9-22-5-6-23-16)26-17(12)24-11-2-4-13(20)14(21)8-11/h1-5,7-9,23H,6H2,(H,24,25,26). The Morgan fingerprint density at radius 1 is 1.04 bits per heavy atom. The smallest absolute Gasteiger partial charge is 0.179 e. The molecule has 2 aromatic carbocycles. The molecular formula is C18H12ClF2N5. The van der Waals surface area contributed by atoms with E-state index in [1.54, 1.807) is 30.6 Å². The molecular weight excluding hydrogens is 360 g/mol. The van der Waals surface area contributed by atoms with Crippen LogP contribution in [0.2, 0.25) is 5.02 Å². The summed E-state index contributed by atoms with van der Waals surface area (Å²) >= 11 is 6.08. The number of aromatic nitrogens is 2. The molecule has 0 saturated carbocycles. The molecule has 26 heavy (non-hydrogen) atoms. The van der Waals surface area contributed by atoms with Gasteiger partial charge >= 0.3 is 0 Å². The monoisotopic (exact) mass is 371 g/mol. The van der Waals surface area contributed by atoms with Gasteiger partial charge in [-0.2, -0.15) is 0 Å². The maximum Gasteiger partial charge on any atom is 0.179 e. The number of nitrogens with one attached hydrogen (secondary N) is 2. The lowest BCUT2D eigenvalue weighted by atomic mass is 10.2. The number of hydrogen-bond acceptors (Lipinski definition) is 5. The quantitative estimate of drug-likeness (QED) is 0.721. The highest BCUT2D eigenvalue weighted by Crippen LogP contribution is 2.28. The Labute approximate surface area is 152 Å². The molecule has 0 atom stereocenters. The highest BCUT2D eigenvalue weighted by Gasteiger charge is 2.13. The molecule has 5 nitrogen and oxygen atoms in total. The molecule has 0 bridgehead atoms. The fraction of sp³-hybridized carbons (Fsp3) is 0.0556. The summed E-state index contributed by atoms with van der Waals surface area (Å²) in [6, 6.07) is 8.76. The minimum atomic E-state index is -0.942. The molecule has 0 saturated heterocycles. The van der Waals surface area contributed by atoms with Crippen LogP contribution in [-0.4, -0.2) is 22.7 Å². The molecule has 8 heteroatoms. The molecule has 3 aromatic rings. The van der Waals surface area contributed by atoms with Crippen LogP contribution in [0, 0.1) is 11.6 Å². The van der Waals surface area contributed by atoms with E-state index in [0.29, 0.717) is 45.5 Å². The van der Waals surface area contributed by atoms with Crippen molar-refractivity contribution in [3.05, 3.63) is 65.1 Å². The van der Waals surface area contributed by atoms with Gasteiger partial charge in [0.25, 0.3) is 0 Å². The summed E-state index contributed by atoms with van der Waals surface area (Å²) in [5.41, 5.74) is 1.64. The van der Waals surface area contributed by atoms with E-state index in [9.17, 15) is 8.78 Å². The fourth-order valence-corrected chi connectivity index (χ4v) is 2.71. The summed E-state index contributed by atoms with van der Waals surface area (Å²) in [6.45, 7) is 0.564. The predicted molar refractivity (Wildman–Crippen MR) is 98.7 cm³/mol. The van der Waals surface area contributed by atoms with Crippen LogP contribution in [0.3, 0.4) is 0 Å². The van der Waals surface area contributed by atoms with Crippen molar-refractivity contribution in [1.29, 1.82) is 0 Å². The molecule has 2 heterocycles. The van der Waals surface area contributed by atoms with Gasteiger partial charge in [-0.15, -0.1) is 0 Å². The van der Waals surface area contributed by atoms with Crippen LogP contribution >= 0.6 is 11.6 Å². The summed E-state index contributed by atoms with van der Waals surface area (Å²) in [5.74, 6) is -0.987. The van der Waals surface area contributed by atoms with E-state index >= 15 is 0 Å². The first kappa shape index (κ1) is 16.4. The first-order valence-corrected chi connectivity index (χ1v) is 8.13. The molecule has 1 aliphatic heterocycles. The van der Waals surface area contributed by atoms with Gasteiger partial charge in [0.05, 0.1) is 24.0 Å². The zero-order chi connectivity index (χ0) is 18.1. The zero-order valence-electron chi connectivity index (χ0n) is 13.3. The van der Waals surface area contributed by atoms with Crippen molar-refractivity contribution in [2.75, 3.05) is 11.9 Å². The Bertz CT molecular complexity index is 1060. The van der Waals surface area contributed by atoms with Crippen molar-refractivity contribution >= 4 is 45.9 Å². The summed E-state index contributed by atoms with van der Waals surface area (Å²) in [6.07, 6.45) is 3.35. The summed E-state index contributed by atoms with van der Waals surface area (Å²) in [5, 5.41) is 7.39. The Balaban J connectivity index is 1.84. The van der Waals surface area contributed by atoms with Gasteiger partial charge in [-0.1, -0.05) is 11.6 Å². The van der Waals surface area contributed by atoms with E-state index in [0.717, 1.165) is 12.1 Å². The predicted octanol–water partition coefficient (Wildman–Crippen LogP) is 4.28. The lowest BCUT2D eigenvalue weighted by molar-refractivity contribution is 0.509. The van der Waals surface area contributed by atoms with Crippen LogP contribution in [0.1, 0.15) is 5.82 Å². The fourth-order valence-electron chi connectivity index (χ4n) is 2.55. The van der Waals surface area contributed by atoms with E-state index in [2.05, 4.69) is 25.6 Å². The van der Waals surface area contributed by atoms with Crippen LogP contribution in [0.5, 0.6) is 0 Å². The maximum absolute atomic E-state index is 13.5. The molecule has 0 spiro atoms. The SMILES string of the molecule is Fc1ccc(Nc2nc(C3=CN=CCN3)nc3cc(Cl)ccc23)cc1F. The molecule has 1 aromatic heterocycles. The van der Waals surface area contributed by atoms with Gasteiger partial charge in [0.15, 0.2) is 17.5 Å². The Morgan fingerprint density at radius 3 is 2.69 bits per heavy atom. The van der Waals surface area contributed by atoms with Crippen LogP contribution in [-0.2, 0) is 0 Å². The van der Waals surface area contributed by atoms with E-state index in [1.165, 1.54) is 6.07 Å². The zero-order valence-corrected chi connectivity index (χ0v) is 14.1. The molecule has 0 amide bonds. The van der Waals surface area contributed by atoms with Crippen molar-refractivity contribution in [2.24, 2.45) is 4.99 Å². The summed E-state index contributed by atoms with van der Waals surface area (Å²) in [7, 11) is 0. The third kappa shape index (κ3) is 3.21. The highest BCUT2D eigenvalue weighted by atomic mass is 35.5. The lowest BCUT2D eigenvalue weighted by Gasteiger charge is -2.14. The molecule has 0 unspecified atom stereocenters. The van der Waals surface area contributed by atoms with Gasteiger partial charge in [-0.3, -0.25) is 4.99 Å². The molecule has 130 valence electrons. The van der Waals surface area contributed by atoms with Gasteiger partial charge in [-0.05, 0) is 30.3 Å². The lowest BCUT2D eigenvalue weighted by Crippen LogP contribution is -2.19. The molecule has 4 rings (SSSR count). The Morgan fingerprint density at radius 2 is 1.92 bits per heavy atom. The summed E-state index contributed by atoms with van der Waals surface area (Å²) in [4.78, 5) is 13.1. The first-order chi connectivity index (χ1) is 12.6. The van der Waals surface area contributed by atoms with Crippen LogP contribution in [0.4, 0.5) is 20.3 Å². The Kier molecular flexibility index (Phi) is 4.22. The van der Waals surface area contributed by atoms with Crippen molar-refractivity contribution < 1.29 is 8.78 Å². The number of halogens is 3. The van der Waals surface area contributed by atoms with Crippen LogP contribution in [0.25, 0.3) is 16.6 Å². The maximum atomic E-state index is 13.5. The van der Waals surface area contributed by atoms with Gasteiger partial charge in [-0.25, -0.2) is 18.7 Å². The normalized spacial score (nSPS) is 13.4. The van der Waals surface area contributed by atoms with Gasteiger partial charge in [0.1, 0.15) is 5.82 Å². The largest absolute Gasteiger partial charge is 0.376 e. The third-order valence-electron chi connectivity index (χ3n) is 3.78. The number of rotatable bonds is 3. The van der Waals surface area contributed by atoms with Gasteiger partial charge in [0, 0.05) is 28.4 Å². The average molecular weight is 372 g/mol. The van der Waals surface area contributed by atoms with E-state index in [1.807, 2.05) is 0 Å². The average Bonchev–Trinajstić information content (AvgIpc) is 2.65. The van der Waals surface area contributed by atoms with Crippen LogP contribution in [0.15, 0.2) is 47.6 Å². The topological polar surface area (TPSA) is 62.2 Å². The van der Waals surface area contributed by atoms with Crippen LogP contribution < -0.4 is 10.6 Å². The van der Waals surface area contributed by atoms with Crippen molar-refractivity contribution in [2.45, 2.75) is 0 Å². The number of anilines is 2. The highest BCUT2D eigenvalue weighted by molar-refractivity contribution is 6.31. The molecule has 2 N–H and O–H groups in total. The summed E-state index contributed by atoms with van der Waals surface area (Å²) < 4.78 is 26.7. The van der Waals surface area contributed by atoms with Crippen molar-refractivity contribution in [3.63, 3.8) is 0 Å².